The molecule has 1 N–H and O–H groups in total. The molecule has 90 valence electrons. The summed E-state index contributed by atoms with van der Waals surface area (Å²) < 4.78 is 0. The van der Waals surface area contributed by atoms with Crippen LogP contribution in [0, 0.1) is 17.3 Å². The predicted octanol–water partition coefficient (Wildman–Crippen LogP) is 2.87. The Kier molecular flexibility index (Phi) is 2.15. The molecule has 2 heteroatoms. The lowest BCUT2D eigenvalue weighted by atomic mass is 9.67. The van der Waals surface area contributed by atoms with Crippen LogP contribution in [0.25, 0.3) is 0 Å². The van der Waals surface area contributed by atoms with Gasteiger partial charge in [0.05, 0.1) is 0 Å². The average molecular weight is 221 g/mol. The second-order valence-electron chi connectivity index (χ2n) is 6.63. The van der Waals surface area contributed by atoms with Gasteiger partial charge in [-0.2, -0.15) is 0 Å². The Labute approximate surface area is 98.2 Å². The number of hydrogen-bond donors (Lipinski definition) is 1. The molecule has 3 unspecified atom stereocenters. The Bertz CT molecular complexity index is 319. The summed E-state index contributed by atoms with van der Waals surface area (Å²) in [6.45, 7) is 4.75. The number of hydrogen-bond acceptors (Lipinski definition) is 1. The minimum atomic E-state index is 0.189. The van der Waals surface area contributed by atoms with Gasteiger partial charge in [-0.05, 0) is 36.5 Å². The molecule has 0 bridgehead atoms. The van der Waals surface area contributed by atoms with Crippen molar-refractivity contribution >= 4 is 5.91 Å². The van der Waals surface area contributed by atoms with Crippen molar-refractivity contribution < 1.29 is 4.79 Å². The predicted molar refractivity (Wildman–Crippen MR) is 64.0 cm³/mol. The molecule has 2 saturated carbocycles. The molecule has 1 spiro atoms. The van der Waals surface area contributed by atoms with Crippen molar-refractivity contribution in [3.8, 4) is 0 Å². The minimum absolute atomic E-state index is 0.189. The van der Waals surface area contributed by atoms with Gasteiger partial charge in [0.25, 0.3) is 0 Å². The topological polar surface area (TPSA) is 29.1 Å². The standard InChI is InChI=1S/C14H23NO/c1-10-9-13(10,2)11-8-12(16)15-14(11)6-4-3-5-7-14/h10-11H,3-9H2,1-2H3,(H,15,16). The first-order valence-corrected chi connectivity index (χ1v) is 6.88. The first kappa shape index (κ1) is 10.6. The maximum Gasteiger partial charge on any atom is 0.220 e. The molecule has 0 aromatic rings. The molecule has 3 atom stereocenters. The van der Waals surface area contributed by atoms with Gasteiger partial charge < -0.3 is 5.32 Å². The van der Waals surface area contributed by atoms with Gasteiger partial charge >= 0.3 is 0 Å². The van der Waals surface area contributed by atoms with Crippen LogP contribution < -0.4 is 5.32 Å². The number of carbonyl (C=O) groups is 1. The van der Waals surface area contributed by atoms with E-state index in [9.17, 15) is 4.79 Å². The van der Waals surface area contributed by atoms with Gasteiger partial charge in [0.1, 0.15) is 0 Å². The lowest BCUT2D eigenvalue weighted by Gasteiger charge is -2.41. The molecular formula is C14H23NO. The van der Waals surface area contributed by atoms with Gasteiger partial charge in [0.15, 0.2) is 0 Å². The first-order chi connectivity index (χ1) is 7.57. The number of nitrogens with one attached hydrogen (secondary N) is 1. The molecule has 1 amide bonds. The number of rotatable bonds is 1. The van der Waals surface area contributed by atoms with Gasteiger partial charge in [-0.25, -0.2) is 0 Å². The van der Waals surface area contributed by atoms with Crippen molar-refractivity contribution in [3.63, 3.8) is 0 Å². The summed E-state index contributed by atoms with van der Waals surface area (Å²) in [5.74, 6) is 1.75. The molecule has 0 aromatic heterocycles. The van der Waals surface area contributed by atoms with E-state index >= 15 is 0 Å². The third kappa shape index (κ3) is 1.34. The van der Waals surface area contributed by atoms with Crippen LogP contribution in [0.5, 0.6) is 0 Å². The molecule has 3 fully saturated rings. The summed E-state index contributed by atoms with van der Waals surface area (Å²) in [6.07, 6.45) is 8.55. The zero-order valence-electron chi connectivity index (χ0n) is 10.5. The van der Waals surface area contributed by atoms with Crippen LogP contribution in [-0.2, 0) is 4.79 Å². The maximum absolute atomic E-state index is 11.8. The van der Waals surface area contributed by atoms with E-state index in [0.717, 1.165) is 12.3 Å². The summed E-state index contributed by atoms with van der Waals surface area (Å²) in [5.41, 5.74) is 0.644. The highest BCUT2D eigenvalue weighted by Gasteiger charge is 2.62. The van der Waals surface area contributed by atoms with Crippen LogP contribution in [-0.4, -0.2) is 11.4 Å². The molecule has 2 aliphatic carbocycles. The Balaban J connectivity index is 1.88. The third-order valence-electron chi connectivity index (χ3n) is 5.70. The fourth-order valence-electron chi connectivity index (χ4n) is 4.40. The van der Waals surface area contributed by atoms with Gasteiger partial charge in [0, 0.05) is 12.0 Å². The van der Waals surface area contributed by atoms with Gasteiger partial charge in [-0.3, -0.25) is 4.79 Å². The zero-order valence-corrected chi connectivity index (χ0v) is 10.5. The highest BCUT2D eigenvalue weighted by atomic mass is 16.2. The Hall–Kier alpha value is -0.530. The van der Waals surface area contributed by atoms with Crippen LogP contribution >= 0.6 is 0 Å². The smallest absolute Gasteiger partial charge is 0.220 e. The molecule has 1 heterocycles. The first-order valence-electron chi connectivity index (χ1n) is 6.88. The van der Waals surface area contributed by atoms with E-state index in [1.54, 1.807) is 0 Å². The summed E-state index contributed by atoms with van der Waals surface area (Å²) in [7, 11) is 0. The van der Waals surface area contributed by atoms with Gasteiger partial charge in [0.2, 0.25) is 5.91 Å². The molecule has 1 aliphatic heterocycles. The third-order valence-corrected chi connectivity index (χ3v) is 5.70. The largest absolute Gasteiger partial charge is 0.350 e. The molecule has 0 radical (unpaired) electrons. The van der Waals surface area contributed by atoms with Crippen LogP contribution in [0.3, 0.4) is 0 Å². The quantitative estimate of drug-likeness (QED) is 0.725. The SMILES string of the molecule is CC1CC1(C)C1CC(=O)NC12CCCCC2. The Morgan fingerprint density at radius 2 is 1.88 bits per heavy atom. The Morgan fingerprint density at radius 1 is 1.25 bits per heavy atom. The highest BCUT2D eigenvalue weighted by Crippen LogP contribution is 2.63. The van der Waals surface area contributed by atoms with Crippen molar-refractivity contribution in [3.05, 3.63) is 0 Å². The monoisotopic (exact) mass is 221 g/mol. The van der Waals surface area contributed by atoms with E-state index in [4.69, 9.17) is 0 Å². The second-order valence-corrected chi connectivity index (χ2v) is 6.63. The van der Waals surface area contributed by atoms with E-state index in [1.807, 2.05) is 0 Å². The summed E-state index contributed by atoms with van der Waals surface area (Å²) in [6, 6.07) is 0. The number of carbonyl (C=O) groups excluding carboxylic acids is 1. The van der Waals surface area contributed by atoms with E-state index < -0.39 is 0 Å². The summed E-state index contributed by atoms with van der Waals surface area (Å²) >= 11 is 0. The van der Waals surface area contributed by atoms with Crippen molar-refractivity contribution in [2.75, 3.05) is 0 Å². The van der Waals surface area contributed by atoms with Crippen molar-refractivity contribution in [2.45, 2.75) is 64.3 Å². The van der Waals surface area contributed by atoms with Gasteiger partial charge in [-0.1, -0.05) is 33.1 Å². The lowest BCUT2D eigenvalue weighted by Crippen LogP contribution is -2.49. The van der Waals surface area contributed by atoms with Crippen molar-refractivity contribution in [1.29, 1.82) is 0 Å². The van der Waals surface area contributed by atoms with Crippen molar-refractivity contribution in [1.82, 2.24) is 5.32 Å². The molecule has 1 saturated heterocycles. The molecule has 0 aromatic carbocycles. The fraction of sp³-hybridized carbons (Fsp3) is 0.929. The maximum atomic E-state index is 11.8. The summed E-state index contributed by atoms with van der Waals surface area (Å²) in [4.78, 5) is 11.8. The van der Waals surface area contributed by atoms with Crippen LogP contribution in [0.1, 0.15) is 58.8 Å². The normalized spacial score (nSPS) is 45.8. The average Bonchev–Trinajstić information content (AvgIpc) is 2.71. The van der Waals surface area contributed by atoms with Crippen molar-refractivity contribution in [2.24, 2.45) is 17.3 Å². The number of amides is 1. The van der Waals surface area contributed by atoms with E-state index in [-0.39, 0.29) is 5.54 Å². The molecule has 2 nitrogen and oxygen atoms in total. The van der Waals surface area contributed by atoms with Gasteiger partial charge in [-0.15, -0.1) is 0 Å². The van der Waals surface area contributed by atoms with E-state index in [2.05, 4.69) is 19.2 Å². The molecule has 16 heavy (non-hydrogen) atoms. The van der Waals surface area contributed by atoms with Crippen LogP contribution in [0.15, 0.2) is 0 Å². The van der Waals surface area contributed by atoms with E-state index in [1.165, 1.54) is 38.5 Å². The minimum Gasteiger partial charge on any atom is -0.350 e. The fourth-order valence-corrected chi connectivity index (χ4v) is 4.40. The molecule has 3 aliphatic rings. The van der Waals surface area contributed by atoms with Crippen LogP contribution in [0.4, 0.5) is 0 Å². The highest BCUT2D eigenvalue weighted by molar-refractivity contribution is 5.80. The lowest BCUT2D eigenvalue weighted by molar-refractivity contribution is -0.120. The molecular weight excluding hydrogens is 198 g/mol. The zero-order chi connectivity index (χ0) is 11.4. The second kappa shape index (κ2) is 3.24. The van der Waals surface area contributed by atoms with E-state index in [0.29, 0.717) is 17.2 Å². The Morgan fingerprint density at radius 3 is 2.44 bits per heavy atom. The van der Waals surface area contributed by atoms with Crippen LogP contribution in [0.2, 0.25) is 0 Å². The summed E-state index contributed by atoms with van der Waals surface area (Å²) in [5, 5.41) is 3.35. The molecule has 3 rings (SSSR count).